The van der Waals surface area contributed by atoms with Gasteiger partial charge in [0.25, 0.3) is 5.91 Å². The highest BCUT2D eigenvalue weighted by Crippen LogP contribution is 2.36. The summed E-state index contributed by atoms with van der Waals surface area (Å²) < 4.78 is 1.86. The molecule has 1 amide bonds. The van der Waals surface area contributed by atoms with E-state index in [4.69, 9.17) is 0 Å². The fraction of sp³-hybridized carbons (Fsp3) is 0.235. The second-order valence-corrected chi connectivity index (χ2v) is 6.57. The SMILES string of the molecule is CSc1ncccc1C(=O)Nc1cccc(-c2nnnn2C2CC2)c1. The molecule has 1 aromatic carbocycles. The van der Waals surface area contributed by atoms with Crippen LogP contribution in [0.1, 0.15) is 29.2 Å². The zero-order chi connectivity index (χ0) is 17.2. The first-order valence-corrected chi connectivity index (χ1v) is 9.17. The molecule has 4 rings (SSSR count). The van der Waals surface area contributed by atoms with Crippen molar-refractivity contribution >= 4 is 23.4 Å². The average molecular weight is 352 g/mol. The van der Waals surface area contributed by atoms with Gasteiger partial charge in [-0.25, -0.2) is 9.67 Å². The first kappa shape index (κ1) is 15.8. The van der Waals surface area contributed by atoms with Crippen LogP contribution >= 0.6 is 11.8 Å². The zero-order valence-corrected chi connectivity index (χ0v) is 14.4. The summed E-state index contributed by atoms with van der Waals surface area (Å²) in [6.45, 7) is 0. The normalized spacial score (nSPS) is 13.6. The van der Waals surface area contributed by atoms with Crippen LogP contribution in [0.2, 0.25) is 0 Å². The molecule has 2 aromatic heterocycles. The largest absolute Gasteiger partial charge is 0.322 e. The maximum atomic E-state index is 12.6. The third kappa shape index (κ3) is 3.25. The highest BCUT2D eigenvalue weighted by Gasteiger charge is 2.28. The number of amides is 1. The molecule has 25 heavy (non-hydrogen) atoms. The molecule has 126 valence electrons. The number of anilines is 1. The second kappa shape index (κ2) is 6.64. The molecule has 1 aliphatic carbocycles. The quantitative estimate of drug-likeness (QED) is 0.710. The Labute approximate surface area is 148 Å². The summed E-state index contributed by atoms with van der Waals surface area (Å²) in [5.41, 5.74) is 2.14. The molecule has 1 N–H and O–H groups in total. The number of aromatic nitrogens is 5. The van der Waals surface area contributed by atoms with E-state index in [2.05, 4.69) is 25.8 Å². The molecule has 3 aromatic rings. The van der Waals surface area contributed by atoms with E-state index >= 15 is 0 Å². The Morgan fingerprint density at radius 2 is 2.16 bits per heavy atom. The summed E-state index contributed by atoms with van der Waals surface area (Å²) in [4.78, 5) is 16.8. The Morgan fingerprint density at radius 3 is 2.96 bits per heavy atom. The monoisotopic (exact) mass is 352 g/mol. The van der Waals surface area contributed by atoms with E-state index in [1.807, 2.05) is 35.2 Å². The summed E-state index contributed by atoms with van der Waals surface area (Å²) in [6.07, 6.45) is 5.79. The van der Waals surface area contributed by atoms with Gasteiger partial charge in [0.1, 0.15) is 5.03 Å². The van der Waals surface area contributed by atoms with Crippen LogP contribution in [0.15, 0.2) is 47.6 Å². The highest BCUT2D eigenvalue weighted by molar-refractivity contribution is 7.98. The number of nitrogens with one attached hydrogen (secondary N) is 1. The van der Waals surface area contributed by atoms with Gasteiger partial charge in [-0.15, -0.1) is 16.9 Å². The van der Waals surface area contributed by atoms with Gasteiger partial charge >= 0.3 is 0 Å². The van der Waals surface area contributed by atoms with E-state index < -0.39 is 0 Å². The van der Waals surface area contributed by atoms with Crippen molar-refractivity contribution in [3.05, 3.63) is 48.2 Å². The number of carbonyl (C=O) groups excluding carboxylic acids is 1. The summed E-state index contributed by atoms with van der Waals surface area (Å²) in [6, 6.07) is 11.5. The molecule has 1 aliphatic rings. The number of carbonyl (C=O) groups is 1. The van der Waals surface area contributed by atoms with E-state index in [9.17, 15) is 4.79 Å². The highest BCUT2D eigenvalue weighted by atomic mass is 32.2. The van der Waals surface area contributed by atoms with Gasteiger partial charge in [-0.3, -0.25) is 4.79 Å². The van der Waals surface area contributed by atoms with Gasteiger partial charge in [-0.2, -0.15) is 0 Å². The molecule has 0 aliphatic heterocycles. The average Bonchev–Trinajstić information content (AvgIpc) is 3.38. The number of hydrogen-bond acceptors (Lipinski definition) is 6. The number of pyridine rings is 1. The fourth-order valence-corrected chi connectivity index (χ4v) is 3.16. The molecule has 0 spiro atoms. The number of tetrazole rings is 1. The molecular formula is C17H16N6OS. The first-order valence-electron chi connectivity index (χ1n) is 7.95. The summed E-state index contributed by atoms with van der Waals surface area (Å²) in [7, 11) is 0. The van der Waals surface area contributed by atoms with Gasteiger partial charge in [0, 0.05) is 17.4 Å². The van der Waals surface area contributed by atoms with E-state index in [1.54, 1.807) is 18.3 Å². The third-order valence-electron chi connectivity index (χ3n) is 3.97. The molecule has 0 saturated heterocycles. The third-order valence-corrected chi connectivity index (χ3v) is 4.69. The van der Waals surface area contributed by atoms with Crippen LogP contribution in [-0.4, -0.2) is 37.4 Å². The lowest BCUT2D eigenvalue weighted by Crippen LogP contribution is -2.13. The van der Waals surface area contributed by atoms with Crippen molar-refractivity contribution in [2.75, 3.05) is 11.6 Å². The Bertz CT molecular complexity index is 921. The number of benzene rings is 1. The smallest absolute Gasteiger partial charge is 0.258 e. The number of rotatable bonds is 5. The molecular weight excluding hydrogens is 336 g/mol. The van der Waals surface area contributed by atoms with E-state index in [1.165, 1.54) is 11.8 Å². The minimum atomic E-state index is -0.184. The van der Waals surface area contributed by atoms with Crippen LogP contribution in [0, 0.1) is 0 Å². The van der Waals surface area contributed by atoms with Crippen molar-refractivity contribution in [2.24, 2.45) is 0 Å². The van der Waals surface area contributed by atoms with Gasteiger partial charge in [0.15, 0.2) is 5.82 Å². The van der Waals surface area contributed by atoms with Crippen LogP contribution in [-0.2, 0) is 0 Å². The van der Waals surface area contributed by atoms with Gasteiger partial charge in [-0.05, 0) is 53.8 Å². The molecule has 2 heterocycles. The molecule has 0 radical (unpaired) electrons. The lowest BCUT2D eigenvalue weighted by Gasteiger charge is -2.09. The number of thioether (sulfide) groups is 1. The minimum absolute atomic E-state index is 0.184. The van der Waals surface area contributed by atoms with E-state index in [-0.39, 0.29) is 5.91 Å². The summed E-state index contributed by atoms with van der Waals surface area (Å²) in [5.74, 6) is 0.543. The minimum Gasteiger partial charge on any atom is -0.322 e. The number of hydrogen-bond donors (Lipinski definition) is 1. The Kier molecular flexibility index (Phi) is 4.19. The molecule has 7 nitrogen and oxygen atoms in total. The van der Waals surface area contributed by atoms with Crippen molar-refractivity contribution < 1.29 is 4.79 Å². The van der Waals surface area contributed by atoms with Crippen LogP contribution in [0.4, 0.5) is 5.69 Å². The van der Waals surface area contributed by atoms with Gasteiger partial charge in [0.05, 0.1) is 11.6 Å². The van der Waals surface area contributed by atoms with Crippen LogP contribution in [0.25, 0.3) is 11.4 Å². The predicted octanol–water partition coefficient (Wildman–Crippen LogP) is 3.04. The Hall–Kier alpha value is -2.74. The van der Waals surface area contributed by atoms with Crippen molar-refractivity contribution in [1.29, 1.82) is 0 Å². The molecule has 1 fully saturated rings. The molecule has 8 heteroatoms. The van der Waals surface area contributed by atoms with Crippen molar-refractivity contribution in [3.63, 3.8) is 0 Å². The Balaban J connectivity index is 1.59. The van der Waals surface area contributed by atoms with Gasteiger partial charge < -0.3 is 5.32 Å². The van der Waals surface area contributed by atoms with E-state index in [0.717, 1.165) is 24.2 Å². The number of nitrogens with zero attached hydrogens (tertiary/aromatic N) is 5. The zero-order valence-electron chi connectivity index (χ0n) is 13.6. The van der Waals surface area contributed by atoms with Gasteiger partial charge in [0.2, 0.25) is 0 Å². The molecule has 0 bridgehead atoms. The lowest BCUT2D eigenvalue weighted by atomic mass is 10.1. The van der Waals surface area contributed by atoms with Crippen LogP contribution in [0.5, 0.6) is 0 Å². The topological polar surface area (TPSA) is 85.6 Å². The van der Waals surface area contributed by atoms with Gasteiger partial charge in [-0.1, -0.05) is 12.1 Å². The summed E-state index contributed by atoms with van der Waals surface area (Å²) in [5, 5.41) is 15.6. The first-order chi connectivity index (χ1) is 12.3. The fourth-order valence-electron chi connectivity index (χ4n) is 2.61. The predicted molar refractivity (Wildman–Crippen MR) is 95.5 cm³/mol. The van der Waals surface area contributed by atoms with Crippen molar-refractivity contribution in [2.45, 2.75) is 23.9 Å². The van der Waals surface area contributed by atoms with Crippen LogP contribution < -0.4 is 5.32 Å². The second-order valence-electron chi connectivity index (χ2n) is 5.77. The van der Waals surface area contributed by atoms with Crippen molar-refractivity contribution in [1.82, 2.24) is 25.2 Å². The van der Waals surface area contributed by atoms with Crippen molar-refractivity contribution in [3.8, 4) is 11.4 Å². The maximum Gasteiger partial charge on any atom is 0.258 e. The van der Waals surface area contributed by atoms with E-state index in [0.29, 0.717) is 22.3 Å². The standard InChI is InChI=1S/C17H16N6OS/c1-25-17-14(6-3-9-18-17)16(24)19-12-5-2-4-11(10-12)15-20-21-22-23(15)13-7-8-13/h2-6,9-10,13H,7-8H2,1H3,(H,19,24). The molecule has 1 saturated carbocycles. The Morgan fingerprint density at radius 1 is 1.28 bits per heavy atom. The summed E-state index contributed by atoms with van der Waals surface area (Å²) >= 11 is 1.45. The van der Waals surface area contributed by atoms with Crippen LogP contribution in [0.3, 0.4) is 0 Å². The lowest BCUT2D eigenvalue weighted by molar-refractivity contribution is 0.102. The molecule has 0 unspecified atom stereocenters. The molecule has 0 atom stereocenters. The maximum absolute atomic E-state index is 12.6.